The molecule has 0 saturated heterocycles. The number of pyridine rings is 3. The van der Waals surface area contributed by atoms with Crippen molar-refractivity contribution >= 4 is 39.5 Å². The Labute approximate surface area is 174 Å². The molecule has 1 aliphatic rings. The van der Waals surface area contributed by atoms with Gasteiger partial charge in [0.05, 0.1) is 29.1 Å². The lowest BCUT2D eigenvalue weighted by Gasteiger charge is -2.25. The van der Waals surface area contributed by atoms with Crippen molar-refractivity contribution in [3.8, 4) is 0 Å². The van der Waals surface area contributed by atoms with Crippen LogP contribution in [-0.4, -0.2) is 43.7 Å². The van der Waals surface area contributed by atoms with Gasteiger partial charge in [-0.2, -0.15) is 5.10 Å². The molecular weight excluding hydrogens is 378 g/mol. The summed E-state index contributed by atoms with van der Waals surface area (Å²) in [7, 11) is 2.10. The number of rotatable bonds is 5. The standard InChI is InChI=1S/C22H23N7O/c1-28(17-5-2-3-6-17)20-9-8-15-12-25-29(22(15)27-20)14-21(30)26-16-11-19-18(24-13-16)7-4-10-23-19/h4,7-13,17H,2-3,5-6,14H2,1H3,(H,26,30). The molecule has 1 aliphatic carbocycles. The van der Waals surface area contributed by atoms with Crippen molar-refractivity contribution in [1.82, 2.24) is 24.7 Å². The van der Waals surface area contributed by atoms with Gasteiger partial charge in [0.25, 0.3) is 0 Å². The molecule has 4 aromatic rings. The molecule has 30 heavy (non-hydrogen) atoms. The van der Waals surface area contributed by atoms with Crippen molar-refractivity contribution in [2.45, 2.75) is 38.3 Å². The quantitative estimate of drug-likeness (QED) is 0.551. The number of anilines is 2. The summed E-state index contributed by atoms with van der Waals surface area (Å²) in [6.45, 7) is 0.0767. The van der Waals surface area contributed by atoms with E-state index in [2.05, 4.69) is 32.3 Å². The van der Waals surface area contributed by atoms with Gasteiger partial charge in [-0.25, -0.2) is 9.67 Å². The molecule has 1 N–H and O–H groups in total. The van der Waals surface area contributed by atoms with Crippen molar-refractivity contribution in [2.24, 2.45) is 0 Å². The Hall–Kier alpha value is -3.55. The molecule has 1 amide bonds. The first kappa shape index (κ1) is 18.5. The Balaban J connectivity index is 1.34. The number of nitrogens with zero attached hydrogens (tertiary/aromatic N) is 6. The van der Waals surface area contributed by atoms with E-state index in [1.165, 1.54) is 25.7 Å². The van der Waals surface area contributed by atoms with E-state index in [4.69, 9.17) is 4.98 Å². The van der Waals surface area contributed by atoms with Crippen molar-refractivity contribution < 1.29 is 4.79 Å². The number of nitrogens with one attached hydrogen (secondary N) is 1. The highest BCUT2D eigenvalue weighted by Crippen LogP contribution is 2.27. The highest BCUT2D eigenvalue weighted by molar-refractivity contribution is 5.93. The molecule has 1 fully saturated rings. The first-order valence-corrected chi connectivity index (χ1v) is 10.2. The van der Waals surface area contributed by atoms with E-state index in [0.717, 1.165) is 22.2 Å². The molecule has 1 saturated carbocycles. The number of fused-ring (bicyclic) bond motifs is 2. The Morgan fingerprint density at radius 3 is 2.90 bits per heavy atom. The minimum atomic E-state index is -0.187. The van der Waals surface area contributed by atoms with Gasteiger partial charge in [-0.1, -0.05) is 12.8 Å². The number of hydrogen-bond acceptors (Lipinski definition) is 6. The molecule has 4 aromatic heterocycles. The molecule has 0 bridgehead atoms. The van der Waals surface area contributed by atoms with Gasteiger partial charge in [-0.3, -0.25) is 14.8 Å². The van der Waals surface area contributed by atoms with Gasteiger partial charge < -0.3 is 10.2 Å². The van der Waals surface area contributed by atoms with Gasteiger partial charge in [0.1, 0.15) is 12.4 Å². The molecule has 0 aliphatic heterocycles. The van der Waals surface area contributed by atoms with Crippen LogP contribution in [0.2, 0.25) is 0 Å². The summed E-state index contributed by atoms with van der Waals surface area (Å²) >= 11 is 0. The lowest BCUT2D eigenvalue weighted by Crippen LogP contribution is -2.29. The SMILES string of the molecule is CN(c1ccc2cnn(CC(=O)Nc3cnc4cccnc4c3)c2n1)C1CCCC1. The second-order valence-electron chi connectivity index (χ2n) is 7.75. The number of aromatic nitrogens is 5. The third-order valence-electron chi connectivity index (χ3n) is 5.73. The Morgan fingerprint density at radius 1 is 1.17 bits per heavy atom. The van der Waals surface area contributed by atoms with Crippen LogP contribution < -0.4 is 10.2 Å². The monoisotopic (exact) mass is 401 g/mol. The van der Waals surface area contributed by atoms with Crippen molar-refractivity contribution in [3.05, 3.63) is 48.9 Å². The van der Waals surface area contributed by atoms with Gasteiger partial charge in [0, 0.05) is 24.7 Å². The average Bonchev–Trinajstić information content (AvgIpc) is 3.43. The highest BCUT2D eigenvalue weighted by Gasteiger charge is 2.21. The van der Waals surface area contributed by atoms with E-state index < -0.39 is 0 Å². The van der Waals surface area contributed by atoms with Crippen LogP contribution >= 0.6 is 0 Å². The predicted octanol–water partition coefficient (Wildman–Crippen LogP) is 3.39. The van der Waals surface area contributed by atoms with Crippen molar-refractivity contribution in [3.63, 3.8) is 0 Å². The van der Waals surface area contributed by atoms with Crippen LogP contribution in [0.4, 0.5) is 11.5 Å². The van der Waals surface area contributed by atoms with Crippen LogP contribution in [0.25, 0.3) is 22.1 Å². The van der Waals surface area contributed by atoms with Crippen molar-refractivity contribution in [1.29, 1.82) is 0 Å². The zero-order chi connectivity index (χ0) is 20.5. The fraction of sp³-hybridized carbons (Fsp3) is 0.318. The number of hydrogen-bond donors (Lipinski definition) is 1. The van der Waals surface area contributed by atoms with E-state index in [9.17, 15) is 4.79 Å². The topological polar surface area (TPSA) is 88.8 Å². The third-order valence-corrected chi connectivity index (χ3v) is 5.73. The molecular formula is C22H23N7O. The zero-order valence-electron chi connectivity index (χ0n) is 16.8. The van der Waals surface area contributed by atoms with Gasteiger partial charge in [0.15, 0.2) is 5.65 Å². The van der Waals surface area contributed by atoms with Crippen LogP contribution in [0.15, 0.2) is 48.9 Å². The maximum absolute atomic E-state index is 12.6. The van der Waals surface area contributed by atoms with E-state index >= 15 is 0 Å². The van der Waals surface area contributed by atoms with Gasteiger partial charge in [-0.15, -0.1) is 0 Å². The third kappa shape index (κ3) is 3.56. The molecule has 8 heteroatoms. The molecule has 5 rings (SSSR count). The maximum Gasteiger partial charge on any atom is 0.246 e. The van der Waals surface area contributed by atoms with Crippen LogP contribution in [0.5, 0.6) is 0 Å². The summed E-state index contributed by atoms with van der Waals surface area (Å²) in [6.07, 6.45) is 10.0. The summed E-state index contributed by atoms with van der Waals surface area (Å²) in [4.78, 5) is 28.3. The molecule has 0 atom stereocenters. The molecule has 0 spiro atoms. The first-order chi connectivity index (χ1) is 14.7. The van der Waals surface area contributed by atoms with Crippen LogP contribution in [0, 0.1) is 0 Å². The van der Waals surface area contributed by atoms with Gasteiger partial charge >= 0.3 is 0 Å². The molecule has 8 nitrogen and oxygen atoms in total. The van der Waals surface area contributed by atoms with E-state index in [1.54, 1.807) is 23.3 Å². The van der Waals surface area contributed by atoms with E-state index in [-0.39, 0.29) is 12.5 Å². The average molecular weight is 401 g/mol. The maximum atomic E-state index is 12.6. The Bertz CT molecular complexity index is 1210. The minimum absolute atomic E-state index is 0.0767. The summed E-state index contributed by atoms with van der Waals surface area (Å²) in [5, 5.41) is 8.17. The normalized spacial score (nSPS) is 14.4. The smallest absolute Gasteiger partial charge is 0.246 e. The Morgan fingerprint density at radius 2 is 2.03 bits per heavy atom. The number of carbonyl (C=O) groups is 1. The summed E-state index contributed by atoms with van der Waals surface area (Å²) in [6, 6.07) is 10.1. The van der Waals surface area contributed by atoms with E-state index in [1.807, 2.05) is 30.3 Å². The lowest BCUT2D eigenvalue weighted by molar-refractivity contribution is -0.116. The highest BCUT2D eigenvalue weighted by atomic mass is 16.2. The van der Waals surface area contributed by atoms with Crippen LogP contribution in [-0.2, 0) is 11.3 Å². The number of carbonyl (C=O) groups excluding carboxylic acids is 1. The van der Waals surface area contributed by atoms with Gasteiger partial charge in [-0.05, 0) is 43.2 Å². The molecule has 0 radical (unpaired) electrons. The van der Waals surface area contributed by atoms with Gasteiger partial charge in [0.2, 0.25) is 5.91 Å². The summed E-state index contributed by atoms with van der Waals surface area (Å²) in [5.41, 5.74) is 2.85. The van der Waals surface area contributed by atoms with Crippen LogP contribution in [0.3, 0.4) is 0 Å². The van der Waals surface area contributed by atoms with Crippen molar-refractivity contribution in [2.75, 3.05) is 17.3 Å². The second-order valence-corrected chi connectivity index (χ2v) is 7.75. The summed E-state index contributed by atoms with van der Waals surface area (Å²) < 4.78 is 1.64. The molecule has 152 valence electrons. The second kappa shape index (κ2) is 7.70. The fourth-order valence-corrected chi connectivity index (χ4v) is 4.09. The minimum Gasteiger partial charge on any atom is -0.357 e. The Kier molecular flexibility index (Phi) is 4.74. The fourth-order valence-electron chi connectivity index (χ4n) is 4.09. The zero-order valence-corrected chi connectivity index (χ0v) is 16.8. The molecule has 0 aromatic carbocycles. The first-order valence-electron chi connectivity index (χ1n) is 10.2. The largest absolute Gasteiger partial charge is 0.357 e. The number of amides is 1. The summed E-state index contributed by atoms with van der Waals surface area (Å²) in [5.74, 6) is 0.731. The predicted molar refractivity (Wildman–Crippen MR) is 116 cm³/mol. The lowest BCUT2D eigenvalue weighted by atomic mass is 10.2. The van der Waals surface area contributed by atoms with Crippen LogP contribution in [0.1, 0.15) is 25.7 Å². The van der Waals surface area contributed by atoms with E-state index in [0.29, 0.717) is 17.4 Å². The molecule has 4 heterocycles. The molecule has 0 unspecified atom stereocenters.